The Balaban J connectivity index is 1.93. The van der Waals surface area contributed by atoms with Crippen molar-refractivity contribution in [1.29, 1.82) is 0 Å². The average molecular weight is 509 g/mol. The van der Waals surface area contributed by atoms with Crippen LogP contribution in [0.2, 0.25) is 0 Å². The van der Waals surface area contributed by atoms with Crippen LogP contribution in [-0.2, 0) is 5.41 Å². The Morgan fingerprint density at radius 3 is 1.54 bits per heavy atom. The molecule has 0 bridgehead atoms. The summed E-state index contributed by atoms with van der Waals surface area (Å²) >= 11 is 0. The largest absolute Gasteiger partial charge is 0.361 e. The summed E-state index contributed by atoms with van der Waals surface area (Å²) in [4.78, 5) is 3.97. The van der Waals surface area contributed by atoms with Crippen LogP contribution in [0.15, 0.2) is 79.4 Å². The normalized spacial score (nSPS) is 11.6. The second-order valence-electron chi connectivity index (χ2n) is 11.8. The van der Waals surface area contributed by atoms with E-state index in [0.29, 0.717) is 5.71 Å². The van der Waals surface area contributed by atoms with Crippen molar-refractivity contribution in [2.45, 2.75) is 53.9 Å². The Morgan fingerprint density at radius 2 is 1.13 bits per heavy atom. The molecular formula is C37H36N2. The minimum absolute atomic E-state index is 0.0748. The molecule has 0 amide bonds. The molecule has 0 unspecified atom stereocenters. The van der Waals surface area contributed by atoms with Crippen LogP contribution < -0.4 is 0 Å². The number of fused-ring (bicyclic) bond motifs is 2. The van der Waals surface area contributed by atoms with Crippen LogP contribution in [0.25, 0.3) is 44.3 Å². The van der Waals surface area contributed by atoms with E-state index in [4.69, 9.17) is 0 Å². The fourth-order valence-electron chi connectivity index (χ4n) is 6.16. The van der Waals surface area contributed by atoms with E-state index in [9.17, 15) is 5.53 Å². The first-order valence-corrected chi connectivity index (χ1v) is 13.6. The number of aryl methyl sites for hydroxylation is 4. The van der Waals surface area contributed by atoms with Crippen LogP contribution in [0.5, 0.6) is 0 Å². The highest BCUT2D eigenvalue weighted by atomic mass is 14.9. The molecule has 194 valence electrons. The highest BCUT2D eigenvalue weighted by molar-refractivity contribution is 6.29. The summed E-state index contributed by atoms with van der Waals surface area (Å²) in [7, 11) is 0. The number of rotatable bonds is 4. The molecule has 0 N–H and O–H groups in total. The summed E-state index contributed by atoms with van der Waals surface area (Å²) in [5.74, 6) is 0. The van der Waals surface area contributed by atoms with Crippen LogP contribution in [0.1, 0.15) is 65.3 Å². The molecule has 2 heteroatoms. The molecule has 39 heavy (non-hydrogen) atoms. The molecule has 0 aliphatic carbocycles. The molecule has 0 fully saturated rings. The van der Waals surface area contributed by atoms with Gasteiger partial charge < -0.3 is 5.53 Å². The third kappa shape index (κ3) is 4.42. The maximum absolute atomic E-state index is 10.6. The van der Waals surface area contributed by atoms with Gasteiger partial charge in [-0.2, -0.15) is 4.79 Å². The van der Waals surface area contributed by atoms with Gasteiger partial charge in [0.15, 0.2) is 0 Å². The first kappa shape index (κ1) is 26.4. The minimum Gasteiger partial charge on any atom is -0.361 e. The van der Waals surface area contributed by atoms with Gasteiger partial charge in [0.1, 0.15) is 0 Å². The first-order valence-electron chi connectivity index (χ1n) is 13.6. The van der Waals surface area contributed by atoms with Crippen molar-refractivity contribution in [2.24, 2.45) is 0 Å². The van der Waals surface area contributed by atoms with Crippen molar-refractivity contribution < 1.29 is 4.79 Å². The van der Waals surface area contributed by atoms with Gasteiger partial charge in [0, 0.05) is 0 Å². The van der Waals surface area contributed by atoms with Gasteiger partial charge in [-0.3, -0.25) is 0 Å². The van der Waals surface area contributed by atoms with Crippen molar-refractivity contribution >= 4 is 33.3 Å². The second kappa shape index (κ2) is 9.80. The molecular weight excluding hydrogens is 472 g/mol. The van der Waals surface area contributed by atoms with E-state index in [1.54, 1.807) is 0 Å². The van der Waals surface area contributed by atoms with E-state index in [2.05, 4.69) is 133 Å². The zero-order valence-electron chi connectivity index (χ0n) is 24.1. The van der Waals surface area contributed by atoms with E-state index in [0.717, 1.165) is 49.4 Å². The monoisotopic (exact) mass is 508 g/mol. The Hall–Kier alpha value is -4.26. The Morgan fingerprint density at radius 1 is 0.667 bits per heavy atom. The molecule has 2 nitrogen and oxygen atoms in total. The highest BCUT2D eigenvalue weighted by Crippen LogP contribution is 2.43. The highest BCUT2D eigenvalue weighted by Gasteiger charge is 2.28. The molecule has 5 rings (SSSR count). The lowest BCUT2D eigenvalue weighted by Crippen LogP contribution is -2.13. The number of nitrogens with zero attached hydrogens (tertiary/aromatic N) is 2. The Bertz CT molecular complexity index is 1740. The van der Waals surface area contributed by atoms with Gasteiger partial charge in [-0.1, -0.05) is 106 Å². The molecule has 0 heterocycles. The topological polar surface area (TPSA) is 36.4 Å². The van der Waals surface area contributed by atoms with Gasteiger partial charge >= 0.3 is 5.71 Å². The molecule has 0 spiro atoms. The van der Waals surface area contributed by atoms with Gasteiger partial charge in [-0.25, -0.2) is 0 Å². The van der Waals surface area contributed by atoms with Crippen LogP contribution in [0.4, 0.5) is 0 Å². The lowest BCUT2D eigenvalue weighted by Gasteiger charge is -2.24. The molecule has 0 aliphatic heterocycles. The Labute approximate surface area is 232 Å². The van der Waals surface area contributed by atoms with Gasteiger partial charge in [-0.05, 0) is 99.2 Å². The molecule has 0 radical (unpaired) electrons. The number of benzene rings is 5. The fourth-order valence-corrected chi connectivity index (χ4v) is 6.16. The molecule has 0 saturated carbocycles. The van der Waals surface area contributed by atoms with Crippen LogP contribution in [-0.4, -0.2) is 10.5 Å². The smallest absolute Gasteiger partial charge is 0.331 e. The maximum atomic E-state index is 10.6. The maximum Gasteiger partial charge on any atom is 0.331 e. The lowest BCUT2D eigenvalue weighted by atomic mass is 9.79. The van der Waals surface area contributed by atoms with E-state index in [1.807, 2.05) is 6.08 Å². The second-order valence-corrected chi connectivity index (χ2v) is 11.8. The molecule has 5 aromatic carbocycles. The third-order valence-electron chi connectivity index (χ3n) is 7.94. The molecule has 0 atom stereocenters. The summed E-state index contributed by atoms with van der Waals surface area (Å²) in [5.41, 5.74) is 22.7. The van der Waals surface area contributed by atoms with Gasteiger partial charge in [0.2, 0.25) is 0 Å². The van der Waals surface area contributed by atoms with Crippen molar-refractivity contribution in [1.82, 2.24) is 0 Å². The zero-order chi connectivity index (χ0) is 28.1. The van der Waals surface area contributed by atoms with Crippen LogP contribution in [0, 0.1) is 27.7 Å². The van der Waals surface area contributed by atoms with Crippen molar-refractivity contribution in [2.75, 3.05) is 0 Å². The third-order valence-corrected chi connectivity index (χ3v) is 7.94. The summed E-state index contributed by atoms with van der Waals surface area (Å²) in [5, 5.41) is 4.45. The van der Waals surface area contributed by atoms with Crippen molar-refractivity contribution in [3.05, 3.63) is 129 Å². The molecule has 0 saturated heterocycles. The standard InChI is InChI=1S/C37H36N2/c1-9-26-18-22(2)33(23(3)19-26)36(39-38)35-30-16-12-10-14-28(30)34(29-15-11-13-17-31(29)35)32-24(4)20-27(21-25(32)5)37(6,7)8/h9-21H,1H2,2-8H3. The van der Waals surface area contributed by atoms with Gasteiger partial charge in [0.25, 0.3) is 0 Å². The van der Waals surface area contributed by atoms with E-state index in [1.165, 1.54) is 27.8 Å². The summed E-state index contributed by atoms with van der Waals surface area (Å²) in [6.07, 6.45) is 1.86. The summed E-state index contributed by atoms with van der Waals surface area (Å²) in [6.45, 7) is 19.3. The quantitative estimate of drug-likeness (QED) is 0.100. The van der Waals surface area contributed by atoms with Crippen molar-refractivity contribution in [3.63, 3.8) is 0 Å². The van der Waals surface area contributed by atoms with E-state index in [-0.39, 0.29) is 5.41 Å². The molecule has 0 aromatic heterocycles. The first-order chi connectivity index (χ1) is 18.6. The van der Waals surface area contributed by atoms with Crippen molar-refractivity contribution in [3.8, 4) is 11.1 Å². The molecule has 0 aliphatic rings. The van der Waals surface area contributed by atoms with E-state index < -0.39 is 0 Å². The minimum atomic E-state index is 0.0748. The SMILES string of the molecule is C=Cc1cc(C)c(C(=[N+]=[N-])c2c3ccccc3c(-c3c(C)cc(C(C)(C)C)cc3C)c3ccccc23)c(C)c1. The van der Waals surface area contributed by atoms with Crippen LogP contribution in [0.3, 0.4) is 0 Å². The lowest BCUT2D eigenvalue weighted by molar-refractivity contribution is -0.00264. The predicted molar refractivity (Wildman–Crippen MR) is 168 cm³/mol. The van der Waals surface area contributed by atoms with Crippen LogP contribution >= 0.6 is 0 Å². The summed E-state index contributed by atoms with van der Waals surface area (Å²) < 4.78 is 0. The average Bonchev–Trinajstić information content (AvgIpc) is 2.89. The zero-order valence-corrected chi connectivity index (χ0v) is 24.1. The van der Waals surface area contributed by atoms with Gasteiger partial charge in [-0.15, -0.1) is 0 Å². The number of hydrogen-bond acceptors (Lipinski definition) is 0. The predicted octanol–water partition coefficient (Wildman–Crippen LogP) is 9.90. The van der Waals surface area contributed by atoms with Gasteiger partial charge in [0.05, 0.1) is 11.1 Å². The van der Waals surface area contributed by atoms with E-state index >= 15 is 0 Å². The Kier molecular flexibility index (Phi) is 6.62. The summed E-state index contributed by atoms with van der Waals surface area (Å²) in [6, 6.07) is 25.9. The molecule has 5 aromatic rings. The number of hydrogen-bond donors (Lipinski definition) is 0. The fraction of sp³-hybridized carbons (Fsp3) is 0.216.